The minimum Gasteiger partial charge on any atom is -0.308 e. The van der Waals surface area contributed by atoms with Gasteiger partial charge in [-0.1, -0.05) is 11.6 Å². The summed E-state index contributed by atoms with van der Waals surface area (Å²) in [6.45, 7) is 2.12. The van der Waals surface area contributed by atoms with E-state index in [-0.39, 0.29) is 6.04 Å². The predicted octanol–water partition coefficient (Wildman–Crippen LogP) is 4.08. The molecule has 0 amide bonds. The van der Waals surface area contributed by atoms with Gasteiger partial charge in [0.1, 0.15) is 0 Å². The number of nitrogens with one attached hydrogen (secondary N) is 1. The molecule has 15 heavy (non-hydrogen) atoms. The Morgan fingerprint density at radius 1 is 1.33 bits per heavy atom. The van der Waals surface area contributed by atoms with Crippen molar-refractivity contribution >= 4 is 34.3 Å². The van der Waals surface area contributed by atoms with Crippen molar-refractivity contribution in [2.45, 2.75) is 13.0 Å². The molecule has 2 aromatic heterocycles. The highest BCUT2D eigenvalue weighted by molar-refractivity contribution is 7.13. The van der Waals surface area contributed by atoms with Crippen LogP contribution < -0.4 is 5.32 Å². The van der Waals surface area contributed by atoms with Gasteiger partial charge in [0, 0.05) is 14.6 Å². The number of halogens is 1. The van der Waals surface area contributed by atoms with Crippen LogP contribution in [0.4, 0.5) is 0 Å². The van der Waals surface area contributed by atoms with Crippen molar-refractivity contribution in [3.8, 4) is 0 Å². The quantitative estimate of drug-likeness (QED) is 0.874. The summed E-state index contributed by atoms with van der Waals surface area (Å²) >= 11 is 9.66. The fourth-order valence-electron chi connectivity index (χ4n) is 1.52. The molecule has 1 atom stereocenters. The van der Waals surface area contributed by atoms with E-state index in [1.165, 1.54) is 14.6 Å². The van der Waals surface area contributed by atoms with Gasteiger partial charge in [0.15, 0.2) is 0 Å². The molecule has 1 N–H and O–H groups in total. The zero-order valence-electron chi connectivity index (χ0n) is 8.58. The Balaban J connectivity index is 2.36. The highest BCUT2D eigenvalue weighted by Gasteiger charge is 2.17. The third kappa shape index (κ3) is 2.26. The summed E-state index contributed by atoms with van der Waals surface area (Å²) in [5, 5.41) is 6.19. The van der Waals surface area contributed by atoms with Gasteiger partial charge in [-0.3, -0.25) is 0 Å². The minimum atomic E-state index is 0.233. The van der Waals surface area contributed by atoms with Crippen molar-refractivity contribution in [1.82, 2.24) is 5.32 Å². The van der Waals surface area contributed by atoms with Crippen LogP contribution in [0.5, 0.6) is 0 Å². The number of aryl methyl sites for hydroxylation is 1. The number of thiophene rings is 2. The molecule has 0 aliphatic heterocycles. The molecule has 0 bridgehead atoms. The molecule has 0 aromatic carbocycles. The second kappa shape index (κ2) is 4.66. The molecular weight excluding hydrogens is 246 g/mol. The SMILES string of the molecule is CNC(c1ccc(C)s1)c1sccc1Cl. The van der Waals surface area contributed by atoms with Gasteiger partial charge in [-0.15, -0.1) is 22.7 Å². The fraction of sp³-hybridized carbons (Fsp3) is 0.273. The molecule has 80 valence electrons. The maximum Gasteiger partial charge on any atom is 0.0777 e. The van der Waals surface area contributed by atoms with E-state index in [0.717, 1.165) is 5.02 Å². The van der Waals surface area contributed by atoms with Crippen molar-refractivity contribution in [2.24, 2.45) is 0 Å². The molecule has 2 aromatic rings. The van der Waals surface area contributed by atoms with Gasteiger partial charge in [-0.05, 0) is 37.6 Å². The summed E-state index contributed by atoms with van der Waals surface area (Å²) < 4.78 is 0. The van der Waals surface area contributed by atoms with Gasteiger partial charge < -0.3 is 5.32 Å². The molecule has 1 unspecified atom stereocenters. The summed E-state index contributed by atoms with van der Waals surface area (Å²) in [6, 6.07) is 6.49. The summed E-state index contributed by atoms with van der Waals surface area (Å²) in [7, 11) is 1.97. The van der Waals surface area contributed by atoms with E-state index in [9.17, 15) is 0 Å². The number of hydrogen-bond donors (Lipinski definition) is 1. The molecule has 2 heterocycles. The monoisotopic (exact) mass is 257 g/mol. The maximum atomic E-state index is 6.15. The lowest BCUT2D eigenvalue weighted by atomic mass is 10.2. The van der Waals surface area contributed by atoms with Crippen LogP contribution in [0.25, 0.3) is 0 Å². The zero-order chi connectivity index (χ0) is 10.8. The first-order valence-electron chi connectivity index (χ1n) is 4.69. The van der Waals surface area contributed by atoms with Gasteiger partial charge in [-0.2, -0.15) is 0 Å². The fourth-order valence-corrected chi connectivity index (χ4v) is 3.89. The van der Waals surface area contributed by atoms with Gasteiger partial charge in [0.05, 0.1) is 11.1 Å². The first-order valence-corrected chi connectivity index (χ1v) is 6.76. The molecule has 2 rings (SSSR count). The smallest absolute Gasteiger partial charge is 0.0777 e. The Hall–Kier alpha value is -0.350. The van der Waals surface area contributed by atoms with Gasteiger partial charge in [0.25, 0.3) is 0 Å². The average Bonchev–Trinajstić information content (AvgIpc) is 2.79. The van der Waals surface area contributed by atoms with Crippen molar-refractivity contribution in [1.29, 1.82) is 0 Å². The summed E-state index contributed by atoms with van der Waals surface area (Å²) in [5.41, 5.74) is 0. The number of rotatable bonds is 3. The van der Waals surface area contributed by atoms with Crippen molar-refractivity contribution < 1.29 is 0 Å². The average molecular weight is 258 g/mol. The maximum absolute atomic E-state index is 6.15. The van der Waals surface area contributed by atoms with E-state index in [4.69, 9.17) is 11.6 Å². The van der Waals surface area contributed by atoms with Crippen molar-refractivity contribution in [3.63, 3.8) is 0 Å². The van der Waals surface area contributed by atoms with E-state index in [0.29, 0.717) is 0 Å². The molecule has 1 nitrogen and oxygen atoms in total. The van der Waals surface area contributed by atoms with Crippen LogP contribution in [0.2, 0.25) is 5.02 Å². The van der Waals surface area contributed by atoms with Crippen LogP contribution in [0.3, 0.4) is 0 Å². The van der Waals surface area contributed by atoms with E-state index in [1.54, 1.807) is 11.3 Å². The zero-order valence-corrected chi connectivity index (χ0v) is 11.0. The molecule has 0 fully saturated rings. The van der Waals surface area contributed by atoms with Crippen molar-refractivity contribution in [3.05, 3.63) is 43.2 Å². The summed E-state index contributed by atoms with van der Waals surface area (Å²) in [5.74, 6) is 0. The molecule has 0 saturated heterocycles. The topological polar surface area (TPSA) is 12.0 Å². The Morgan fingerprint density at radius 2 is 2.13 bits per heavy atom. The minimum absolute atomic E-state index is 0.233. The van der Waals surface area contributed by atoms with Gasteiger partial charge in [0.2, 0.25) is 0 Å². The van der Waals surface area contributed by atoms with Crippen LogP contribution in [-0.2, 0) is 0 Å². The van der Waals surface area contributed by atoms with Crippen LogP contribution in [-0.4, -0.2) is 7.05 Å². The lowest BCUT2D eigenvalue weighted by Gasteiger charge is -2.13. The van der Waals surface area contributed by atoms with E-state index >= 15 is 0 Å². The predicted molar refractivity (Wildman–Crippen MR) is 69.3 cm³/mol. The van der Waals surface area contributed by atoms with E-state index in [1.807, 2.05) is 29.8 Å². The lowest BCUT2D eigenvalue weighted by molar-refractivity contribution is 0.716. The molecule has 0 saturated carbocycles. The van der Waals surface area contributed by atoms with Crippen LogP contribution >= 0.6 is 34.3 Å². The third-order valence-corrected chi connectivity index (χ3v) is 4.73. The first-order chi connectivity index (χ1) is 7.22. The van der Waals surface area contributed by atoms with Gasteiger partial charge >= 0.3 is 0 Å². The molecular formula is C11H12ClNS2. The second-order valence-electron chi connectivity index (χ2n) is 3.30. The number of hydrogen-bond acceptors (Lipinski definition) is 3. The molecule has 0 spiro atoms. The van der Waals surface area contributed by atoms with E-state index in [2.05, 4.69) is 24.4 Å². The first kappa shape index (κ1) is 11.1. The second-order valence-corrected chi connectivity index (χ2v) is 5.98. The van der Waals surface area contributed by atoms with Crippen molar-refractivity contribution in [2.75, 3.05) is 7.05 Å². The molecule has 0 radical (unpaired) electrons. The van der Waals surface area contributed by atoms with Crippen LogP contribution in [0.1, 0.15) is 20.7 Å². The standard InChI is InChI=1S/C11H12ClNS2/c1-7-3-4-9(15-7)10(13-2)11-8(12)5-6-14-11/h3-6,10,13H,1-2H3. The highest BCUT2D eigenvalue weighted by atomic mass is 35.5. The Kier molecular flexibility index (Phi) is 3.46. The third-order valence-electron chi connectivity index (χ3n) is 2.24. The summed E-state index contributed by atoms with van der Waals surface area (Å²) in [6.07, 6.45) is 0. The van der Waals surface area contributed by atoms with Crippen LogP contribution in [0, 0.1) is 6.92 Å². The van der Waals surface area contributed by atoms with Crippen LogP contribution in [0.15, 0.2) is 23.6 Å². The lowest BCUT2D eigenvalue weighted by Crippen LogP contribution is -2.15. The molecule has 0 aliphatic rings. The molecule has 4 heteroatoms. The molecule has 0 aliphatic carbocycles. The van der Waals surface area contributed by atoms with Gasteiger partial charge in [-0.25, -0.2) is 0 Å². The highest BCUT2D eigenvalue weighted by Crippen LogP contribution is 2.35. The normalized spacial score (nSPS) is 13.0. The largest absolute Gasteiger partial charge is 0.308 e. The summed E-state index contributed by atoms with van der Waals surface area (Å²) in [4.78, 5) is 3.85. The Morgan fingerprint density at radius 3 is 2.60 bits per heavy atom. The Labute approximate surface area is 103 Å². The Bertz CT molecular complexity index is 447. The van der Waals surface area contributed by atoms with E-state index < -0.39 is 0 Å².